The Balaban J connectivity index is 1.74. The molecule has 0 aliphatic carbocycles. The van der Waals surface area contributed by atoms with Crippen molar-refractivity contribution < 1.29 is 14.3 Å². The third kappa shape index (κ3) is 2.88. The number of hydrogen-bond donors (Lipinski definition) is 0. The fraction of sp³-hybridized carbons (Fsp3) is 0.615. The average Bonchev–Trinajstić information content (AvgIpc) is 2.56. The predicted molar refractivity (Wildman–Crippen MR) is 71.8 cm³/mol. The summed E-state index contributed by atoms with van der Waals surface area (Å²) in [5.74, 6) is 0.670. The van der Waals surface area contributed by atoms with E-state index in [0.717, 1.165) is 18.9 Å². The molecular weight excluding hydrogens is 260 g/mol. The zero-order chi connectivity index (χ0) is 13.8. The van der Waals surface area contributed by atoms with E-state index < -0.39 is 0 Å². The van der Waals surface area contributed by atoms with Gasteiger partial charge in [0, 0.05) is 26.2 Å². The molecule has 2 aliphatic heterocycles. The Labute approximate surface area is 117 Å². The minimum atomic E-state index is -0.0732. The van der Waals surface area contributed by atoms with Crippen molar-refractivity contribution in [2.75, 3.05) is 57.5 Å². The Morgan fingerprint density at radius 3 is 2.35 bits per heavy atom. The summed E-state index contributed by atoms with van der Waals surface area (Å²) in [5, 5.41) is 0. The first-order valence-electron chi connectivity index (χ1n) is 6.86. The Morgan fingerprint density at radius 1 is 1.00 bits per heavy atom. The molecule has 0 N–H and O–H groups in total. The molecule has 1 amide bonds. The highest BCUT2D eigenvalue weighted by molar-refractivity contribution is 5.92. The highest BCUT2D eigenvalue weighted by Gasteiger charge is 2.21. The van der Waals surface area contributed by atoms with Crippen molar-refractivity contribution in [3.63, 3.8) is 0 Å². The number of ether oxygens (including phenoxy) is 2. The maximum atomic E-state index is 12.4. The molecule has 3 rings (SSSR count). The molecule has 7 nitrogen and oxygen atoms in total. The van der Waals surface area contributed by atoms with Crippen LogP contribution >= 0.6 is 0 Å². The van der Waals surface area contributed by atoms with Gasteiger partial charge in [-0.05, 0) is 0 Å². The summed E-state index contributed by atoms with van der Waals surface area (Å²) in [6.07, 6.45) is 3.23. The van der Waals surface area contributed by atoms with E-state index in [1.807, 2.05) is 0 Å². The molecule has 0 aromatic carbocycles. The molecule has 0 spiro atoms. The zero-order valence-corrected chi connectivity index (χ0v) is 11.3. The highest BCUT2D eigenvalue weighted by atomic mass is 16.5. The second-order valence-corrected chi connectivity index (χ2v) is 4.77. The minimum absolute atomic E-state index is 0.0732. The molecule has 1 aromatic rings. The number of carbonyl (C=O) groups is 1. The lowest BCUT2D eigenvalue weighted by Crippen LogP contribution is -2.41. The molecule has 108 valence electrons. The van der Waals surface area contributed by atoms with Crippen LogP contribution < -0.4 is 4.90 Å². The van der Waals surface area contributed by atoms with Gasteiger partial charge in [0.1, 0.15) is 11.5 Å². The van der Waals surface area contributed by atoms with E-state index in [-0.39, 0.29) is 5.91 Å². The highest BCUT2D eigenvalue weighted by Crippen LogP contribution is 2.13. The molecule has 3 heterocycles. The number of anilines is 1. The van der Waals surface area contributed by atoms with Crippen LogP contribution in [-0.2, 0) is 9.47 Å². The molecule has 7 heteroatoms. The van der Waals surface area contributed by atoms with E-state index in [9.17, 15) is 4.79 Å². The van der Waals surface area contributed by atoms with E-state index in [2.05, 4.69) is 14.9 Å². The Hall–Kier alpha value is -1.73. The molecule has 0 saturated carbocycles. The maximum absolute atomic E-state index is 12.4. The first kappa shape index (κ1) is 13.3. The van der Waals surface area contributed by atoms with Crippen LogP contribution in [0, 0.1) is 0 Å². The second kappa shape index (κ2) is 6.15. The Kier molecular flexibility index (Phi) is 4.08. The first-order valence-corrected chi connectivity index (χ1v) is 6.86. The van der Waals surface area contributed by atoms with Gasteiger partial charge in [0.2, 0.25) is 0 Å². The van der Waals surface area contributed by atoms with Crippen molar-refractivity contribution in [2.24, 2.45) is 0 Å². The number of amides is 1. The monoisotopic (exact) mass is 278 g/mol. The van der Waals surface area contributed by atoms with E-state index in [0.29, 0.717) is 45.2 Å². The van der Waals surface area contributed by atoms with Crippen LogP contribution in [0.15, 0.2) is 12.4 Å². The lowest BCUT2D eigenvalue weighted by atomic mass is 10.3. The van der Waals surface area contributed by atoms with E-state index in [1.54, 1.807) is 11.1 Å². The van der Waals surface area contributed by atoms with Gasteiger partial charge in [-0.1, -0.05) is 0 Å². The van der Waals surface area contributed by atoms with Crippen molar-refractivity contribution in [3.8, 4) is 0 Å². The van der Waals surface area contributed by atoms with E-state index >= 15 is 0 Å². The standard InChI is InChI=1S/C13H18N4O3/c18-13(17-3-7-20-8-4-17)11-9-14-10-12(15-11)16-1-5-19-6-2-16/h9-10H,1-8H2. The van der Waals surface area contributed by atoms with Crippen molar-refractivity contribution >= 4 is 11.7 Å². The lowest BCUT2D eigenvalue weighted by Gasteiger charge is -2.29. The summed E-state index contributed by atoms with van der Waals surface area (Å²) in [6.45, 7) is 5.33. The summed E-state index contributed by atoms with van der Waals surface area (Å²) in [6, 6.07) is 0. The van der Waals surface area contributed by atoms with Crippen LogP contribution in [0.2, 0.25) is 0 Å². The second-order valence-electron chi connectivity index (χ2n) is 4.77. The third-order valence-electron chi connectivity index (χ3n) is 3.47. The Morgan fingerprint density at radius 2 is 1.65 bits per heavy atom. The van der Waals surface area contributed by atoms with E-state index in [4.69, 9.17) is 9.47 Å². The lowest BCUT2D eigenvalue weighted by molar-refractivity contribution is 0.0298. The largest absolute Gasteiger partial charge is 0.378 e. The van der Waals surface area contributed by atoms with Crippen molar-refractivity contribution in [1.29, 1.82) is 0 Å². The number of hydrogen-bond acceptors (Lipinski definition) is 6. The van der Waals surface area contributed by atoms with E-state index in [1.165, 1.54) is 6.20 Å². The molecule has 20 heavy (non-hydrogen) atoms. The molecule has 0 bridgehead atoms. The molecule has 0 atom stereocenters. The van der Waals surface area contributed by atoms with Crippen LogP contribution in [0.25, 0.3) is 0 Å². The summed E-state index contributed by atoms with van der Waals surface area (Å²) in [5.41, 5.74) is 0.399. The van der Waals surface area contributed by atoms with Crippen molar-refractivity contribution in [1.82, 2.24) is 14.9 Å². The van der Waals surface area contributed by atoms with Crippen molar-refractivity contribution in [3.05, 3.63) is 18.1 Å². The smallest absolute Gasteiger partial charge is 0.274 e. The summed E-state index contributed by atoms with van der Waals surface area (Å²) >= 11 is 0. The van der Waals surface area contributed by atoms with Gasteiger partial charge < -0.3 is 19.3 Å². The molecule has 0 unspecified atom stereocenters. The van der Waals surface area contributed by atoms with Crippen LogP contribution in [0.5, 0.6) is 0 Å². The maximum Gasteiger partial charge on any atom is 0.274 e. The topological polar surface area (TPSA) is 67.8 Å². The van der Waals surface area contributed by atoms with Gasteiger partial charge in [0.05, 0.1) is 38.8 Å². The molecule has 2 fully saturated rings. The van der Waals surface area contributed by atoms with Crippen LogP contribution in [-0.4, -0.2) is 73.4 Å². The number of carbonyl (C=O) groups excluding carboxylic acids is 1. The third-order valence-corrected chi connectivity index (χ3v) is 3.47. The summed E-state index contributed by atoms with van der Waals surface area (Å²) in [7, 11) is 0. The fourth-order valence-electron chi connectivity index (χ4n) is 2.33. The van der Waals surface area contributed by atoms with Gasteiger partial charge in [-0.15, -0.1) is 0 Å². The summed E-state index contributed by atoms with van der Waals surface area (Å²) < 4.78 is 10.6. The first-order chi connectivity index (χ1) is 9.84. The van der Waals surface area contributed by atoms with Gasteiger partial charge in [-0.25, -0.2) is 4.98 Å². The van der Waals surface area contributed by atoms with Gasteiger partial charge in [0.15, 0.2) is 0 Å². The molecule has 2 aliphatic rings. The van der Waals surface area contributed by atoms with Gasteiger partial charge in [-0.2, -0.15) is 0 Å². The zero-order valence-electron chi connectivity index (χ0n) is 11.3. The number of morpholine rings is 2. The minimum Gasteiger partial charge on any atom is -0.378 e. The van der Waals surface area contributed by atoms with Gasteiger partial charge in [-0.3, -0.25) is 9.78 Å². The number of rotatable bonds is 2. The van der Waals surface area contributed by atoms with Crippen LogP contribution in [0.4, 0.5) is 5.82 Å². The normalized spacial score (nSPS) is 20.0. The Bertz CT molecular complexity index is 470. The predicted octanol–water partition coefficient (Wildman–Crippen LogP) is -0.214. The molecular formula is C13H18N4O3. The summed E-state index contributed by atoms with van der Waals surface area (Å²) in [4.78, 5) is 24.8. The fourth-order valence-corrected chi connectivity index (χ4v) is 2.33. The molecule has 2 saturated heterocycles. The SMILES string of the molecule is O=C(c1cncc(N2CCOCC2)n1)N1CCOCC1. The molecule has 0 radical (unpaired) electrons. The van der Waals surface area contributed by atoms with Gasteiger partial charge in [0.25, 0.3) is 5.91 Å². The van der Waals surface area contributed by atoms with Gasteiger partial charge >= 0.3 is 0 Å². The quantitative estimate of drug-likeness (QED) is 0.745. The molecule has 1 aromatic heterocycles. The number of aromatic nitrogens is 2. The van der Waals surface area contributed by atoms with Crippen LogP contribution in [0.3, 0.4) is 0 Å². The van der Waals surface area contributed by atoms with Crippen molar-refractivity contribution in [2.45, 2.75) is 0 Å². The van der Waals surface area contributed by atoms with Crippen LogP contribution in [0.1, 0.15) is 10.5 Å². The average molecular weight is 278 g/mol. The number of nitrogens with zero attached hydrogens (tertiary/aromatic N) is 4.